The first-order valence-corrected chi connectivity index (χ1v) is 8.26. The average molecular weight is 424 g/mol. The van der Waals surface area contributed by atoms with Gasteiger partial charge in [0.2, 0.25) is 5.91 Å². The van der Waals surface area contributed by atoms with E-state index in [1.165, 1.54) is 12.8 Å². The van der Waals surface area contributed by atoms with Crippen LogP contribution >= 0.6 is 35.0 Å². The molecule has 1 amide bonds. The van der Waals surface area contributed by atoms with Crippen LogP contribution in [0.15, 0.2) is 24.3 Å². The number of rotatable bonds is 5. The van der Waals surface area contributed by atoms with Crippen LogP contribution in [0.1, 0.15) is 25.7 Å². The van der Waals surface area contributed by atoms with Crippen molar-refractivity contribution in [1.82, 2.24) is 4.90 Å². The van der Waals surface area contributed by atoms with E-state index < -0.39 is 0 Å². The highest BCUT2D eigenvalue weighted by molar-refractivity contribution is 14.1. The molecule has 1 fully saturated rings. The molecule has 3 N–H and O–H groups in total. The summed E-state index contributed by atoms with van der Waals surface area (Å²) in [5, 5.41) is 2.98. The summed E-state index contributed by atoms with van der Waals surface area (Å²) >= 11 is 2.25. The average Bonchev–Trinajstić information content (AvgIpc) is 2.41. The van der Waals surface area contributed by atoms with E-state index in [0.29, 0.717) is 19.1 Å². The SMILES string of the molecule is Cl.NCCC1CCCCN1CC(=O)Nc1cccc(I)c1. The van der Waals surface area contributed by atoms with E-state index in [9.17, 15) is 4.79 Å². The molecule has 2 rings (SSSR count). The largest absolute Gasteiger partial charge is 0.330 e. The Kier molecular flexibility index (Phi) is 8.55. The van der Waals surface area contributed by atoms with Crippen LogP contribution in [0.25, 0.3) is 0 Å². The number of amides is 1. The molecule has 1 atom stereocenters. The van der Waals surface area contributed by atoms with Crippen molar-refractivity contribution in [3.05, 3.63) is 27.8 Å². The second-order valence-corrected chi connectivity index (χ2v) is 6.50. The van der Waals surface area contributed by atoms with E-state index in [1.807, 2.05) is 24.3 Å². The van der Waals surface area contributed by atoms with Crippen LogP contribution in [0.3, 0.4) is 0 Å². The summed E-state index contributed by atoms with van der Waals surface area (Å²) in [5.41, 5.74) is 6.53. The number of carbonyl (C=O) groups is 1. The Morgan fingerprint density at radius 3 is 2.95 bits per heavy atom. The molecule has 1 heterocycles. The molecule has 4 nitrogen and oxygen atoms in total. The molecule has 6 heteroatoms. The topological polar surface area (TPSA) is 58.4 Å². The van der Waals surface area contributed by atoms with Gasteiger partial charge in [0.15, 0.2) is 0 Å². The van der Waals surface area contributed by atoms with E-state index in [2.05, 4.69) is 32.8 Å². The lowest BCUT2D eigenvalue weighted by Gasteiger charge is -2.35. The predicted molar refractivity (Wildman–Crippen MR) is 97.9 cm³/mol. The number of nitrogens with two attached hydrogens (primary N) is 1. The first-order chi connectivity index (χ1) is 9.69. The lowest BCUT2D eigenvalue weighted by Crippen LogP contribution is -2.44. The van der Waals surface area contributed by atoms with Gasteiger partial charge in [-0.1, -0.05) is 12.5 Å². The molecule has 0 saturated carbocycles. The van der Waals surface area contributed by atoms with Crippen molar-refractivity contribution in [1.29, 1.82) is 0 Å². The maximum absolute atomic E-state index is 12.2. The molecular weight excluding hydrogens is 401 g/mol. The Bertz CT molecular complexity index is 456. The molecular formula is C15H23ClIN3O. The number of carbonyl (C=O) groups excluding carboxylic acids is 1. The molecule has 1 aliphatic heterocycles. The Balaban J connectivity index is 0.00000220. The van der Waals surface area contributed by atoms with Crippen LogP contribution in [-0.4, -0.2) is 36.5 Å². The van der Waals surface area contributed by atoms with Gasteiger partial charge < -0.3 is 11.1 Å². The molecule has 1 aromatic rings. The zero-order valence-corrected chi connectivity index (χ0v) is 15.0. The zero-order valence-electron chi connectivity index (χ0n) is 12.1. The van der Waals surface area contributed by atoms with E-state index in [-0.39, 0.29) is 18.3 Å². The molecule has 0 bridgehead atoms. The molecule has 0 radical (unpaired) electrons. The first kappa shape index (κ1) is 18.7. The van der Waals surface area contributed by atoms with Crippen LogP contribution in [-0.2, 0) is 4.79 Å². The molecule has 0 aromatic heterocycles. The molecule has 0 spiro atoms. The highest BCUT2D eigenvalue weighted by Gasteiger charge is 2.23. The first-order valence-electron chi connectivity index (χ1n) is 7.18. The highest BCUT2D eigenvalue weighted by Crippen LogP contribution is 2.19. The number of hydrogen-bond donors (Lipinski definition) is 2. The van der Waals surface area contributed by atoms with Crippen molar-refractivity contribution in [3.63, 3.8) is 0 Å². The van der Waals surface area contributed by atoms with Gasteiger partial charge in [0.25, 0.3) is 0 Å². The fourth-order valence-electron chi connectivity index (χ4n) is 2.74. The van der Waals surface area contributed by atoms with Crippen LogP contribution in [0.2, 0.25) is 0 Å². The van der Waals surface area contributed by atoms with Gasteiger partial charge in [0, 0.05) is 15.3 Å². The summed E-state index contributed by atoms with van der Waals surface area (Å²) < 4.78 is 1.12. The summed E-state index contributed by atoms with van der Waals surface area (Å²) in [6, 6.07) is 8.34. The Labute approximate surface area is 146 Å². The van der Waals surface area contributed by atoms with Gasteiger partial charge in [-0.3, -0.25) is 9.69 Å². The lowest BCUT2D eigenvalue weighted by molar-refractivity contribution is -0.118. The standard InChI is InChI=1S/C15H22IN3O.ClH/c16-12-4-3-5-13(10-12)18-15(20)11-19-9-2-1-6-14(19)7-8-17;/h3-5,10,14H,1-2,6-9,11,17H2,(H,18,20);1H. The third-order valence-corrected chi connectivity index (χ3v) is 4.38. The number of piperidine rings is 1. The predicted octanol–water partition coefficient (Wildman–Crippen LogP) is 2.85. The minimum Gasteiger partial charge on any atom is -0.330 e. The van der Waals surface area contributed by atoms with Gasteiger partial charge in [-0.2, -0.15) is 0 Å². The zero-order chi connectivity index (χ0) is 14.4. The Morgan fingerprint density at radius 1 is 1.43 bits per heavy atom. The minimum absolute atomic E-state index is 0. The maximum atomic E-state index is 12.2. The van der Waals surface area contributed by atoms with Crippen molar-refractivity contribution in [2.24, 2.45) is 5.73 Å². The Hall–Kier alpha value is -0.370. The number of likely N-dealkylation sites (tertiary alicyclic amines) is 1. The van der Waals surface area contributed by atoms with Crippen molar-refractivity contribution in [2.75, 3.05) is 25.0 Å². The molecule has 1 saturated heterocycles. The fourth-order valence-corrected chi connectivity index (χ4v) is 3.28. The van der Waals surface area contributed by atoms with Gasteiger partial charge in [-0.15, -0.1) is 12.4 Å². The fraction of sp³-hybridized carbons (Fsp3) is 0.533. The third-order valence-electron chi connectivity index (χ3n) is 3.70. The quantitative estimate of drug-likeness (QED) is 0.716. The summed E-state index contributed by atoms with van der Waals surface area (Å²) in [6.45, 7) is 2.17. The number of anilines is 1. The van der Waals surface area contributed by atoms with Crippen molar-refractivity contribution in [2.45, 2.75) is 31.7 Å². The molecule has 1 aromatic carbocycles. The van der Waals surface area contributed by atoms with Crippen LogP contribution in [0.4, 0.5) is 5.69 Å². The molecule has 1 aliphatic rings. The smallest absolute Gasteiger partial charge is 0.238 e. The number of nitrogens with zero attached hydrogens (tertiary/aromatic N) is 1. The van der Waals surface area contributed by atoms with Crippen LogP contribution < -0.4 is 11.1 Å². The monoisotopic (exact) mass is 423 g/mol. The summed E-state index contributed by atoms with van der Waals surface area (Å²) in [7, 11) is 0. The minimum atomic E-state index is 0. The second kappa shape index (κ2) is 9.61. The number of hydrogen-bond acceptors (Lipinski definition) is 3. The lowest BCUT2D eigenvalue weighted by atomic mass is 9.99. The summed E-state index contributed by atoms with van der Waals surface area (Å²) in [6.07, 6.45) is 4.57. The van der Waals surface area contributed by atoms with Crippen LogP contribution in [0.5, 0.6) is 0 Å². The number of halogens is 2. The Morgan fingerprint density at radius 2 is 2.24 bits per heavy atom. The van der Waals surface area contributed by atoms with E-state index in [0.717, 1.165) is 28.6 Å². The normalized spacial score (nSPS) is 18.9. The van der Waals surface area contributed by atoms with Crippen molar-refractivity contribution >= 4 is 46.6 Å². The molecule has 118 valence electrons. The van der Waals surface area contributed by atoms with Crippen molar-refractivity contribution < 1.29 is 4.79 Å². The number of benzene rings is 1. The van der Waals surface area contributed by atoms with Gasteiger partial charge in [-0.05, 0) is 73.1 Å². The van der Waals surface area contributed by atoms with Gasteiger partial charge in [-0.25, -0.2) is 0 Å². The van der Waals surface area contributed by atoms with E-state index >= 15 is 0 Å². The third kappa shape index (κ3) is 6.10. The van der Waals surface area contributed by atoms with Crippen LogP contribution in [0, 0.1) is 3.57 Å². The van der Waals surface area contributed by atoms with Gasteiger partial charge in [0.1, 0.15) is 0 Å². The molecule has 1 unspecified atom stereocenters. The van der Waals surface area contributed by atoms with E-state index in [1.54, 1.807) is 0 Å². The second-order valence-electron chi connectivity index (χ2n) is 5.26. The summed E-state index contributed by atoms with van der Waals surface area (Å²) in [5.74, 6) is 0.0657. The van der Waals surface area contributed by atoms with Gasteiger partial charge >= 0.3 is 0 Å². The molecule has 21 heavy (non-hydrogen) atoms. The van der Waals surface area contributed by atoms with Gasteiger partial charge in [0.05, 0.1) is 6.54 Å². The summed E-state index contributed by atoms with van der Waals surface area (Å²) in [4.78, 5) is 14.4. The van der Waals surface area contributed by atoms with Crippen molar-refractivity contribution in [3.8, 4) is 0 Å². The molecule has 0 aliphatic carbocycles. The maximum Gasteiger partial charge on any atom is 0.238 e. The number of nitrogens with one attached hydrogen (secondary N) is 1. The van der Waals surface area contributed by atoms with E-state index in [4.69, 9.17) is 5.73 Å². The highest BCUT2D eigenvalue weighted by atomic mass is 127.